The molecule has 244 valence electrons. The van der Waals surface area contributed by atoms with Crippen molar-refractivity contribution in [3.8, 4) is 0 Å². The summed E-state index contributed by atoms with van der Waals surface area (Å²) in [6.45, 7) is 12.6. The maximum absolute atomic E-state index is 12.3. The number of hydrogen-bond acceptors (Lipinski definition) is 8. The van der Waals surface area contributed by atoms with Gasteiger partial charge in [0, 0.05) is 0 Å². The molecule has 0 aromatic rings. The summed E-state index contributed by atoms with van der Waals surface area (Å²) in [5, 5.41) is 38.8. The van der Waals surface area contributed by atoms with Crippen LogP contribution in [0.1, 0.15) is 99.3 Å². The highest BCUT2D eigenvalue weighted by molar-refractivity contribution is 7.47. The molecule has 1 rings (SSSR count). The van der Waals surface area contributed by atoms with Gasteiger partial charge in [-0.3, -0.25) is 9.05 Å². The maximum atomic E-state index is 12.3. The predicted octanol–water partition coefficient (Wildman–Crippen LogP) is 5.55. The van der Waals surface area contributed by atoms with E-state index in [2.05, 4.69) is 60.0 Å². The Kier molecular flexibility index (Phi) is 19.4. The van der Waals surface area contributed by atoms with E-state index in [1.54, 1.807) is 0 Å². The van der Waals surface area contributed by atoms with Crippen molar-refractivity contribution in [3.63, 3.8) is 0 Å². The molecule has 1 aliphatic heterocycles. The molecule has 9 nitrogen and oxygen atoms in total. The Labute approximate surface area is 249 Å². The average Bonchev–Trinajstić information content (AvgIpc) is 2.88. The van der Waals surface area contributed by atoms with Crippen molar-refractivity contribution in [3.05, 3.63) is 30.9 Å². The topological polar surface area (TPSA) is 146 Å². The monoisotopic (exact) mass is 605 g/mol. The van der Waals surface area contributed by atoms with Crippen LogP contribution in [-0.2, 0) is 18.3 Å². The van der Waals surface area contributed by atoms with E-state index in [-0.39, 0.29) is 12.5 Å². The number of rotatable bonds is 22. The van der Waals surface area contributed by atoms with E-state index >= 15 is 0 Å². The third kappa shape index (κ3) is 16.9. The third-order valence-electron chi connectivity index (χ3n) is 7.66. The van der Waals surface area contributed by atoms with Crippen molar-refractivity contribution in [2.45, 2.75) is 130 Å². The summed E-state index contributed by atoms with van der Waals surface area (Å²) in [4.78, 5) is 10.00. The molecule has 0 aromatic heterocycles. The Bertz CT molecular complexity index is 760. The molecule has 0 aliphatic carbocycles. The van der Waals surface area contributed by atoms with Crippen LogP contribution in [0.5, 0.6) is 0 Å². The number of phosphoric ester groups is 1. The maximum Gasteiger partial charge on any atom is 0.474 e. The highest BCUT2D eigenvalue weighted by Crippen LogP contribution is 2.46. The molecule has 1 fully saturated rings. The Morgan fingerprint density at radius 1 is 0.902 bits per heavy atom. The van der Waals surface area contributed by atoms with Gasteiger partial charge in [-0.15, -0.1) is 12.8 Å². The highest BCUT2D eigenvalue weighted by Gasteiger charge is 2.46. The van der Waals surface area contributed by atoms with E-state index < -0.39 is 45.1 Å². The van der Waals surface area contributed by atoms with Crippen LogP contribution < -0.4 is 0 Å². The molecule has 9 atom stereocenters. The molecule has 1 heterocycles. The zero-order valence-electron chi connectivity index (χ0n) is 26.1. The molecule has 0 spiro atoms. The van der Waals surface area contributed by atoms with E-state index in [9.17, 15) is 29.9 Å². The summed E-state index contributed by atoms with van der Waals surface area (Å²) in [7, 11) is -4.60. The summed E-state index contributed by atoms with van der Waals surface area (Å²) in [5.74, 6) is 2.21. The van der Waals surface area contributed by atoms with Crippen molar-refractivity contribution in [2.75, 3.05) is 13.2 Å². The molecule has 1 aliphatic rings. The van der Waals surface area contributed by atoms with E-state index in [0.717, 1.165) is 25.7 Å². The normalized spacial score (nSPS) is 27.5. The first-order valence-electron chi connectivity index (χ1n) is 15.4. The molecule has 0 aromatic carbocycles. The molecular weight excluding hydrogens is 547 g/mol. The van der Waals surface area contributed by atoms with Gasteiger partial charge in [0.1, 0.15) is 24.4 Å². The van der Waals surface area contributed by atoms with E-state index in [1.807, 2.05) is 6.92 Å². The Morgan fingerprint density at radius 2 is 1.51 bits per heavy atom. The molecular formula is C31H58O9P-3. The zero-order chi connectivity index (χ0) is 31.0. The van der Waals surface area contributed by atoms with Crippen molar-refractivity contribution < 1.29 is 43.7 Å². The number of aliphatic hydroxyl groups excluding tert-OH is 4. The SMILES string of the molecule is C/C(=C/CC[C@H](C)CCOP(=O)(O)O[C@@H]1O[C@H](CO)[C@@H](O)[C@H](O)[C@@H]1O)CC[CH-]C(C)CC[CH-]C(C)CC[CH-]C(C)C. The van der Waals surface area contributed by atoms with Gasteiger partial charge in [0.15, 0.2) is 6.29 Å². The van der Waals surface area contributed by atoms with Crippen LogP contribution in [0.25, 0.3) is 0 Å². The Balaban J connectivity index is 2.19. The lowest BCUT2D eigenvalue weighted by Gasteiger charge is -2.39. The van der Waals surface area contributed by atoms with Crippen LogP contribution in [0.2, 0.25) is 0 Å². The Hall–Kier alpha value is -0.350. The zero-order valence-corrected chi connectivity index (χ0v) is 27.0. The van der Waals surface area contributed by atoms with E-state index in [1.165, 1.54) is 31.3 Å². The molecule has 10 heteroatoms. The van der Waals surface area contributed by atoms with Crippen LogP contribution in [-0.4, -0.2) is 69.2 Å². The van der Waals surface area contributed by atoms with Crippen LogP contribution >= 0.6 is 7.82 Å². The van der Waals surface area contributed by atoms with Gasteiger partial charge in [-0.05, 0) is 32.1 Å². The lowest BCUT2D eigenvalue weighted by Crippen LogP contribution is -2.58. The van der Waals surface area contributed by atoms with Gasteiger partial charge in [0.25, 0.3) is 0 Å². The molecule has 3 unspecified atom stereocenters. The molecule has 0 saturated carbocycles. The molecule has 5 N–H and O–H groups in total. The van der Waals surface area contributed by atoms with Crippen LogP contribution in [0.4, 0.5) is 0 Å². The van der Waals surface area contributed by atoms with Crippen LogP contribution in [0.3, 0.4) is 0 Å². The van der Waals surface area contributed by atoms with Gasteiger partial charge in [0.05, 0.1) is 13.2 Å². The van der Waals surface area contributed by atoms with Gasteiger partial charge in [-0.1, -0.05) is 52.7 Å². The first-order chi connectivity index (χ1) is 19.3. The van der Waals surface area contributed by atoms with Crippen LogP contribution in [0, 0.1) is 42.9 Å². The molecule has 41 heavy (non-hydrogen) atoms. The second-order valence-corrected chi connectivity index (χ2v) is 13.6. The second kappa shape index (κ2) is 20.6. The molecule has 0 amide bonds. The average molecular weight is 606 g/mol. The molecule has 1 saturated heterocycles. The summed E-state index contributed by atoms with van der Waals surface area (Å²) >= 11 is 0. The third-order valence-corrected chi connectivity index (χ3v) is 8.64. The number of aliphatic hydroxyl groups is 4. The summed E-state index contributed by atoms with van der Waals surface area (Å²) in [6, 6.07) is 0. The van der Waals surface area contributed by atoms with Gasteiger partial charge >= 0.3 is 7.82 Å². The number of hydrogen-bond donors (Lipinski definition) is 5. The lowest BCUT2D eigenvalue weighted by molar-refractivity contribution is -0.281. The van der Waals surface area contributed by atoms with Gasteiger partial charge in [0.2, 0.25) is 0 Å². The minimum Gasteiger partial charge on any atom is -0.394 e. The summed E-state index contributed by atoms with van der Waals surface area (Å²) in [5.41, 5.74) is 1.37. The first kappa shape index (κ1) is 38.7. The lowest BCUT2D eigenvalue weighted by atomic mass is 9.91. The van der Waals surface area contributed by atoms with Gasteiger partial charge in [-0.25, -0.2) is 4.57 Å². The minimum atomic E-state index is -4.60. The smallest absolute Gasteiger partial charge is 0.394 e. The fraction of sp³-hybridized carbons (Fsp3) is 0.839. The fourth-order valence-electron chi connectivity index (χ4n) is 4.71. The Morgan fingerprint density at radius 3 is 2.12 bits per heavy atom. The quantitative estimate of drug-likeness (QED) is 0.0609. The van der Waals surface area contributed by atoms with Gasteiger partial charge in [-0.2, -0.15) is 37.0 Å². The number of phosphoric acid groups is 1. The minimum absolute atomic E-state index is 0.0332. The summed E-state index contributed by atoms with van der Waals surface area (Å²) in [6.07, 6.45) is 10.8. The molecule has 0 bridgehead atoms. The first-order valence-corrected chi connectivity index (χ1v) is 16.9. The van der Waals surface area contributed by atoms with Crippen molar-refractivity contribution in [2.24, 2.45) is 23.7 Å². The van der Waals surface area contributed by atoms with E-state index in [0.29, 0.717) is 24.2 Å². The fourth-order valence-corrected chi connectivity index (χ4v) is 5.55. The second-order valence-electron chi connectivity index (χ2n) is 12.2. The van der Waals surface area contributed by atoms with Crippen LogP contribution in [0.15, 0.2) is 11.6 Å². The summed E-state index contributed by atoms with van der Waals surface area (Å²) < 4.78 is 27.3. The highest BCUT2D eigenvalue weighted by atomic mass is 31.2. The largest absolute Gasteiger partial charge is 0.474 e. The van der Waals surface area contributed by atoms with Gasteiger partial charge < -0.3 is 49.3 Å². The number of allylic oxidation sites excluding steroid dienone is 2. The van der Waals surface area contributed by atoms with Crippen molar-refractivity contribution >= 4 is 7.82 Å². The molecule has 0 radical (unpaired) electrons. The standard InChI is InChI=1S/C31H58O9P/c1-22(2)11-7-12-23(3)13-8-14-24(4)15-9-16-25(5)17-10-18-26(6)19-20-38-41(36,37)40-31-30(35)29(34)28(33)27(21-32)39-31/h11,13,15,17,22-24,26-35H,7-10,12,14,16,18-21H2,1-6H3,(H,36,37)/q-3/b25-17-/t23?,24?,26-,27+,28+,29-,30-,31-/m0/s1. The van der Waals surface area contributed by atoms with Crippen molar-refractivity contribution in [1.29, 1.82) is 0 Å². The van der Waals surface area contributed by atoms with Crippen molar-refractivity contribution in [1.82, 2.24) is 0 Å². The predicted molar refractivity (Wildman–Crippen MR) is 161 cm³/mol. The number of ether oxygens (including phenoxy) is 1. The van der Waals surface area contributed by atoms with E-state index in [4.69, 9.17) is 13.8 Å².